The Hall–Kier alpha value is -3.00. The lowest BCUT2D eigenvalue weighted by Gasteiger charge is -2.37. The molecule has 8 heteroatoms. The largest absolute Gasteiger partial charge is 0.497 e. The minimum atomic E-state index is 0.0556. The third-order valence-electron chi connectivity index (χ3n) is 5.70. The first-order chi connectivity index (χ1) is 14.9. The number of aryl methyl sites for hydroxylation is 1. The van der Waals surface area contributed by atoms with Gasteiger partial charge in [-0.2, -0.15) is 0 Å². The monoisotopic (exact) mass is 422 g/mol. The first kappa shape index (κ1) is 21.2. The van der Waals surface area contributed by atoms with E-state index in [2.05, 4.69) is 51.8 Å². The summed E-state index contributed by atoms with van der Waals surface area (Å²) in [6.45, 7) is 12.0. The summed E-state index contributed by atoms with van der Waals surface area (Å²) in [4.78, 5) is 14.1. The molecule has 31 heavy (non-hydrogen) atoms. The summed E-state index contributed by atoms with van der Waals surface area (Å²) in [7, 11) is 1.65. The van der Waals surface area contributed by atoms with Crippen LogP contribution in [0.4, 0.5) is 5.82 Å². The van der Waals surface area contributed by atoms with Gasteiger partial charge in [0.1, 0.15) is 17.4 Å². The zero-order valence-corrected chi connectivity index (χ0v) is 18.9. The Labute approximate surface area is 183 Å². The van der Waals surface area contributed by atoms with Crippen molar-refractivity contribution in [1.29, 1.82) is 0 Å². The van der Waals surface area contributed by atoms with Gasteiger partial charge in [0, 0.05) is 49.4 Å². The number of methoxy groups -OCH3 is 1. The molecule has 0 amide bonds. The van der Waals surface area contributed by atoms with Crippen molar-refractivity contribution in [3.05, 3.63) is 47.7 Å². The molecule has 1 unspecified atom stereocenters. The van der Waals surface area contributed by atoms with Gasteiger partial charge < -0.3 is 14.1 Å². The lowest BCUT2D eigenvalue weighted by Crippen LogP contribution is -2.47. The molecule has 1 aliphatic rings. The number of ether oxygens (including phenoxy) is 1. The van der Waals surface area contributed by atoms with Crippen molar-refractivity contribution in [1.82, 2.24) is 25.1 Å². The van der Waals surface area contributed by atoms with Crippen molar-refractivity contribution in [2.45, 2.75) is 39.7 Å². The number of benzene rings is 1. The van der Waals surface area contributed by atoms with Crippen molar-refractivity contribution in [2.24, 2.45) is 0 Å². The summed E-state index contributed by atoms with van der Waals surface area (Å²) < 4.78 is 11.2. The first-order valence-electron chi connectivity index (χ1n) is 10.8. The second-order valence-corrected chi connectivity index (χ2v) is 8.25. The molecule has 3 heterocycles. The number of aromatic nitrogens is 4. The fourth-order valence-corrected chi connectivity index (χ4v) is 3.74. The molecule has 4 rings (SSSR count). The van der Waals surface area contributed by atoms with Crippen LogP contribution in [0, 0.1) is 6.92 Å². The molecule has 164 valence electrons. The van der Waals surface area contributed by atoms with Crippen molar-refractivity contribution in [2.75, 3.05) is 38.2 Å². The third kappa shape index (κ3) is 4.69. The maximum atomic E-state index is 5.99. The second-order valence-electron chi connectivity index (χ2n) is 8.25. The molecule has 0 N–H and O–H groups in total. The molecular formula is C23H30N6O2. The molecule has 1 aromatic carbocycles. The highest BCUT2D eigenvalue weighted by molar-refractivity contribution is 5.54. The van der Waals surface area contributed by atoms with E-state index in [0.717, 1.165) is 54.8 Å². The van der Waals surface area contributed by atoms with Gasteiger partial charge in [-0.3, -0.25) is 4.90 Å². The summed E-state index contributed by atoms with van der Waals surface area (Å²) in [6.07, 6.45) is 0. The highest BCUT2D eigenvalue weighted by Crippen LogP contribution is 2.27. The average molecular weight is 423 g/mol. The van der Waals surface area contributed by atoms with Crippen molar-refractivity contribution < 1.29 is 9.15 Å². The predicted molar refractivity (Wildman–Crippen MR) is 119 cm³/mol. The van der Waals surface area contributed by atoms with Crippen LogP contribution in [0.1, 0.15) is 50.1 Å². The van der Waals surface area contributed by atoms with E-state index in [0.29, 0.717) is 17.7 Å². The quantitative estimate of drug-likeness (QED) is 0.593. The smallest absolute Gasteiger partial charge is 0.247 e. The number of hydrogen-bond acceptors (Lipinski definition) is 8. The van der Waals surface area contributed by atoms with E-state index in [1.165, 1.54) is 0 Å². The zero-order chi connectivity index (χ0) is 22.0. The standard InChI is InChI=1S/C23H30N6O2/c1-15(2)21-24-16(3)14-20(25-21)29-12-10-28(11-13-29)17(4)22-26-27-23(31-22)18-6-8-19(30-5)9-7-18/h6-9,14-15,17H,10-13H2,1-5H3. The lowest BCUT2D eigenvalue weighted by atomic mass is 10.2. The Kier molecular flexibility index (Phi) is 6.18. The molecule has 8 nitrogen and oxygen atoms in total. The second kappa shape index (κ2) is 9.01. The van der Waals surface area contributed by atoms with Crippen LogP contribution >= 0.6 is 0 Å². The highest BCUT2D eigenvalue weighted by atomic mass is 16.5. The molecule has 0 radical (unpaired) electrons. The van der Waals surface area contributed by atoms with Crippen molar-refractivity contribution >= 4 is 5.82 Å². The normalized spacial score (nSPS) is 16.0. The van der Waals surface area contributed by atoms with Gasteiger partial charge in [0.25, 0.3) is 0 Å². The number of rotatable bonds is 6. The molecule has 0 spiro atoms. The average Bonchev–Trinajstić information content (AvgIpc) is 3.28. The van der Waals surface area contributed by atoms with E-state index in [1.807, 2.05) is 31.2 Å². The van der Waals surface area contributed by atoms with Crippen LogP contribution in [0.2, 0.25) is 0 Å². The van der Waals surface area contributed by atoms with E-state index in [1.54, 1.807) is 7.11 Å². The summed E-state index contributed by atoms with van der Waals surface area (Å²) in [6, 6.07) is 9.76. The van der Waals surface area contributed by atoms with Crippen LogP contribution in [0.5, 0.6) is 5.75 Å². The van der Waals surface area contributed by atoms with Crippen molar-refractivity contribution in [3.63, 3.8) is 0 Å². The van der Waals surface area contributed by atoms with E-state index < -0.39 is 0 Å². The van der Waals surface area contributed by atoms with E-state index in [9.17, 15) is 0 Å². The maximum absolute atomic E-state index is 5.99. The Bertz CT molecular complexity index is 1010. The van der Waals surface area contributed by atoms with Gasteiger partial charge in [-0.25, -0.2) is 9.97 Å². The van der Waals surface area contributed by atoms with Crippen LogP contribution in [0.25, 0.3) is 11.5 Å². The van der Waals surface area contributed by atoms with Gasteiger partial charge in [0.2, 0.25) is 11.8 Å². The van der Waals surface area contributed by atoms with Gasteiger partial charge in [-0.1, -0.05) is 13.8 Å². The molecular weight excluding hydrogens is 392 g/mol. The number of piperazine rings is 1. The number of hydrogen-bond donors (Lipinski definition) is 0. The molecule has 1 saturated heterocycles. The summed E-state index contributed by atoms with van der Waals surface area (Å²) in [5.74, 6) is 4.21. The molecule has 0 bridgehead atoms. The first-order valence-corrected chi connectivity index (χ1v) is 10.8. The fraction of sp³-hybridized carbons (Fsp3) is 0.478. The third-order valence-corrected chi connectivity index (χ3v) is 5.70. The molecule has 1 atom stereocenters. The Morgan fingerprint density at radius 3 is 2.32 bits per heavy atom. The number of anilines is 1. The lowest BCUT2D eigenvalue weighted by molar-refractivity contribution is 0.173. The minimum absolute atomic E-state index is 0.0556. The predicted octanol–water partition coefficient (Wildman–Crippen LogP) is 3.85. The van der Waals surface area contributed by atoms with E-state index >= 15 is 0 Å². The van der Waals surface area contributed by atoms with Crippen molar-refractivity contribution in [3.8, 4) is 17.2 Å². The molecule has 0 saturated carbocycles. The highest BCUT2D eigenvalue weighted by Gasteiger charge is 2.26. The van der Waals surface area contributed by atoms with Gasteiger partial charge in [-0.05, 0) is 38.1 Å². The Morgan fingerprint density at radius 2 is 1.68 bits per heavy atom. The maximum Gasteiger partial charge on any atom is 0.247 e. The molecule has 2 aromatic heterocycles. The SMILES string of the molecule is COc1ccc(-c2nnc(C(C)N3CCN(c4cc(C)nc(C(C)C)n4)CC3)o2)cc1. The molecule has 1 fully saturated rings. The molecule has 3 aromatic rings. The summed E-state index contributed by atoms with van der Waals surface area (Å²) >= 11 is 0. The Morgan fingerprint density at radius 1 is 0.968 bits per heavy atom. The van der Waals surface area contributed by atoms with E-state index in [-0.39, 0.29) is 6.04 Å². The number of nitrogens with zero attached hydrogens (tertiary/aromatic N) is 6. The van der Waals surface area contributed by atoms with Crippen LogP contribution in [0.3, 0.4) is 0 Å². The molecule has 0 aliphatic carbocycles. The Balaban J connectivity index is 1.40. The topological polar surface area (TPSA) is 80.4 Å². The van der Waals surface area contributed by atoms with E-state index in [4.69, 9.17) is 14.1 Å². The summed E-state index contributed by atoms with van der Waals surface area (Å²) in [5.41, 5.74) is 1.90. The van der Waals surface area contributed by atoms with Gasteiger partial charge in [0.05, 0.1) is 13.2 Å². The van der Waals surface area contributed by atoms with Gasteiger partial charge in [-0.15, -0.1) is 10.2 Å². The zero-order valence-electron chi connectivity index (χ0n) is 18.9. The fourth-order valence-electron chi connectivity index (χ4n) is 3.74. The molecule has 1 aliphatic heterocycles. The minimum Gasteiger partial charge on any atom is -0.497 e. The van der Waals surface area contributed by atoms with Gasteiger partial charge >= 0.3 is 0 Å². The van der Waals surface area contributed by atoms with Gasteiger partial charge in [0.15, 0.2) is 0 Å². The summed E-state index contributed by atoms with van der Waals surface area (Å²) in [5, 5.41) is 8.55. The van der Waals surface area contributed by atoms with Crippen LogP contribution in [-0.4, -0.2) is 58.4 Å². The van der Waals surface area contributed by atoms with Crippen LogP contribution in [0.15, 0.2) is 34.7 Å². The van der Waals surface area contributed by atoms with Crippen LogP contribution in [-0.2, 0) is 0 Å². The van der Waals surface area contributed by atoms with Crippen LogP contribution < -0.4 is 9.64 Å².